The molecule has 28 heavy (non-hydrogen) atoms. The van der Waals surface area contributed by atoms with Crippen molar-refractivity contribution < 1.29 is 14.7 Å². The Balaban J connectivity index is 3.65. The van der Waals surface area contributed by atoms with E-state index in [-0.39, 0.29) is 5.91 Å². The smallest absolute Gasteiger partial charge is 0.325 e. The standard InChI is InChI=1S/C22H43N2O3Si/c1-2-3-4-5-6-7-8-9-10-11-12-13-14-18-21(25)24(28)20(22(26)27)17-15-16-19-23/h20H,2-19,23H2,1H3,(H,26,27)/t20-/m0/s1. The third kappa shape index (κ3) is 15.1. The lowest BCUT2D eigenvalue weighted by atomic mass is 10.0. The summed E-state index contributed by atoms with van der Waals surface area (Å²) < 4.78 is 1.22. The molecule has 0 rings (SSSR count). The van der Waals surface area contributed by atoms with Gasteiger partial charge in [0.25, 0.3) is 0 Å². The summed E-state index contributed by atoms with van der Waals surface area (Å²) in [5.74, 6) is -1.11. The summed E-state index contributed by atoms with van der Waals surface area (Å²) in [7, 11) is 3.23. The van der Waals surface area contributed by atoms with Gasteiger partial charge in [0, 0.05) is 6.42 Å². The average Bonchev–Trinajstić information content (AvgIpc) is 2.68. The van der Waals surface area contributed by atoms with Crippen molar-refractivity contribution in [2.75, 3.05) is 6.54 Å². The van der Waals surface area contributed by atoms with E-state index in [1.54, 1.807) is 0 Å². The summed E-state index contributed by atoms with van der Waals surface area (Å²) in [6, 6.07) is -0.808. The molecule has 0 aliphatic rings. The van der Waals surface area contributed by atoms with Crippen LogP contribution >= 0.6 is 0 Å². The second-order valence-corrected chi connectivity index (χ2v) is 8.38. The highest BCUT2D eigenvalue weighted by Gasteiger charge is 2.25. The fourth-order valence-corrected chi connectivity index (χ4v) is 3.78. The van der Waals surface area contributed by atoms with Crippen molar-refractivity contribution >= 4 is 22.3 Å². The van der Waals surface area contributed by atoms with Crippen molar-refractivity contribution in [2.24, 2.45) is 5.73 Å². The lowest BCUT2D eigenvalue weighted by Gasteiger charge is -2.25. The number of rotatable bonds is 20. The maximum absolute atomic E-state index is 12.2. The third-order valence-electron chi connectivity index (χ3n) is 5.29. The zero-order valence-corrected chi connectivity index (χ0v) is 19.1. The first-order valence-electron chi connectivity index (χ1n) is 11.5. The number of aliphatic carboxylic acids is 1. The maximum Gasteiger partial charge on any atom is 0.325 e. The van der Waals surface area contributed by atoms with Crippen molar-refractivity contribution in [1.82, 2.24) is 4.57 Å². The number of hydrogen-bond donors (Lipinski definition) is 2. The quantitative estimate of drug-likeness (QED) is 0.219. The van der Waals surface area contributed by atoms with Gasteiger partial charge in [-0.1, -0.05) is 84.0 Å². The highest BCUT2D eigenvalue weighted by atomic mass is 28.2. The number of carboxylic acids is 1. The topological polar surface area (TPSA) is 83.6 Å². The third-order valence-corrected chi connectivity index (χ3v) is 5.85. The molecule has 0 aromatic carbocycles. The zero-order valence-electron chi connectivity index (χ0n) is 18.1. The van der Waals surface area contributed by atoms with E-state index in [0.717, 1.165) is 25.7 Å². The van der Waals surface area contributed by atoms with Gasteiger partial charge in [-0.2, -0.15) is 0 Å². The number of carboxylic acid groups (broad SMARTS) is 1. The van der Waals surface area contributed by atoms with Crippen LogP contribution in [0.3, 0.4) is 0 Å². The minimum atomic E-state index is -0.967. The predicted molar refractivity (Wildman–Crippen MR) is 117 cm³/mol. The number of carbonyl (C=O) groups excluding carboxylic acids is 1. The normalized spacial score (nSPS) is 12.1. The minimum absolute atomic E-state index is 0.139. The first-order valence-corrected chi connectivity index (χ1v) is 12.0. The molecule has 0 fully saturated rings. The van der Waals surface area contributed by atoms with Crippen LogP contribution in [0.1, 0.15) is 116 Å². The van der Waals surface area contributed by atoms with E-state index < -0.39 is 12.0 Å². The Labute approximate surface area is 176 Å². The Hall–Kier alpha value is -0.883. The highest BCUT2D eigenvalue weighted by molar-refractivity contribution is 6.16. The molecule has 1 amide bonds. The van der Waals surface area contributed by atoms with E-state index in [4.69, 9.17) is 5.73 Å². The van der Waals surface area contributed by atoms with Crippen LogP contribution in [-0.2, 0) is 9.59 Å². The number of carbonyl (C=O) groups is 2. The molecule has 0 unspecified atom stereocenters. The Kier molecular flexibility index (Phi) is 18.8. The van der Waals surface area contributed by atoms with Gasteiger partial charge >= 0.3 is 5.97 Å². The van der Waals surface area contributed by atoms with Crippen LogP contribution in [0.2, 0.25) is 0 Å². The number of nitrogens with two attached hydrogens (primary N) is 1. The van der Waals surface area contributed by atoms with Gasteiger partial charge < -0.3 is 15.4 Å². The summed E-state index contributed by atoms with van der Waals surface area (Å²) in [4.78, 5) is 23.6. The molecule has 163 valence electrons. The SMILES string of the molecule is CCCCCCCCCCCCCCCC(=O)N([Si])[C@@H](CCCCN)C(=O)O. The first-order chi connectivity index (χ1) is 13.5. The van der Waals surface area contributed by atoms with E-state index in [1.165, 1.54) is 68.8 Å². The van der Waals surface area contributed by atoms with E-state index >= 15 is 0 Å². The van der Waals surface area contributed by atoms with Crippen LogP contribution in [0.5, 0.6) is 0 Å². The van der Waals surface area contributed by atoms with Crippen LogP contribution in [0.4, 0.5) is 0 Å². The van der Waals surface area contributed by atoms with Gasteiger partial charge in [-0.3, -0.25) is 9.59 Å². The Morgan fingerprint density at radius 3 is 1.71 bits per heavy atom. The molecular formula is C22H43N2O3Si. The maximum atomic E-state index is 12.2. The van der Waals surface area contributed by atoms with Gasteiger partial charge in [0.2, 0.25) is 5.91 Å². The highest BCUT2D eigenvalue weighted by Crippen LogP contribution is 2.14. The van der Waals surface area contributed by atoms with Crippen molar-refractivity contribution in [3.63, 3.8) is 0 Å². The fourth-order valence-electron chi connectivity index (χ4n) is 3.43. The molecule has 1 atom stereocenters. The zero-order chi connectivity index (χ0) is 21.0. The monoisotopic (exact) mass is 411 g/mol. The van der Waals surface area contributed by atoms with Crippen LogP contribution in [0.15, 0.2) is 0 Å². The second kappa shape index (κ2) is 19.4. The Morgan fingerprint density at radius 1 is 0.821 bits per heavy atom. The van der Waals surface area contributed by atoms with E-state index in [1.807, 2.05) is 0 Å². The lowest BCUT2D eigenvalue weighted by molar-refractivity contribution is -0.146. The largest absolute Gasteiger partial charge is 0.480 e. The molecule has 3 N–H and O–H groups in total. The van der Waals surface area contributed by atoms with Crippen LogP contribution in [-0.4, -0.2) is 44.5 Å². The van der Waals surface area contributed by atoms with Crippen LogP contribution in [0, 0.1) is 0 Å². The fraction of sp³-hybridized carbons (Fsp3) is 0.909. The lowest BCUT2D eigenvalue weighted by Crippen LogP contribution is -2.43. The van der Waals surface area contributed by atoms with Gasteiger partial charge in [0.15, 0.2) is 10.4 Å². The van der Waals surface area contributed by atoms with Crippen molar-refractivity contribution in [3.8, 4) is 0 Å². The van der Waals surface area contributed by atoms with Crippen molar-refractivity contribution in [3.05, 3.63) is 0 Å². The molecule has 3 radical (unpaired) electrons. The molecule has 5 nitrogen and oxygen atoms in total. The predicted octanol–water partition coefficient (Wildman–Crippen LogP) is 4.96. The molecule has 0 saturated carbocycles. The number of unbranched alkanes of at least 4 members (excludes halogenated alkanes) is 13. The van der Waals surface area contributed by atoms with Gasteiger partial charge in [-0.05, 0) is 32.2 Å². The molecule has 0 aliphatic carbocycles. The Bertz CT molecular complexity index is 394. The van der Waals surface area contributed by atoms with Gasteiger partial charge in [0.1, 0.15) is 6.04 Å². The second-order valence-electron chi connectivity index (χ2n) is 7.89. The number of hydrogen-bond acceptors (Lipinski definition) is 3. The van der Waals surface area contributed by atoms with Crippen molar-refractivity contribution in [2.45, 2.75) is 122 Å². The number of nitrogens with zero attached hydrogens (tertiary/aromatic N) is 1. The summed E-state index contributed by atoms with van der Waals surface area (Å²) >= 11 is 0. The van der Waals surface area contributed by atoms with E-state index in [9.17, 15) is 14.7 Å². The molecule has 0 aromatic rings. The van der Waals surface area contributed by atoms with Crippen molar-refractivity contribution in [1.29, 1.82) is 0 Å². The van der Waals surface area contributed by atoms with Gasteiger partial charge in [-0.15, -0.1) is 0 Å². The molecule has 0 heterocycles. The molecular weight excluding hydrogens is 368 g/mol. The average molecular weight is 412 g/mol. The molecule has 0 bridgehead atoms. The molecule has 0 aromatic heterocycles. The van der Waals surface area contributed by atoms with Gasteiger partial charge in [-0.25, -0.2) is 0 Å². The molecule has 0 saturated heterocycles. The van der Waals surface area contributed by atoms with Crippen LogP contribution in [0.25, 0.3) is 0 Å². The Morgan fingerprint density at radius 2 is 1.29 bits per heavy atom. The van der Waals surface area contributed by atoms with Gasteiger partial charge in [0.05, 0.1) is 0 Å². The summed E-state index contributed by atoms with van der Waals surface area (Å²) in [6.45, 7) is 2.80. The number of amides is 1. The summed E-state index contributed by atoms with van der Waals surface area (Å²) in [6.07, 6.45) is 18.8. The van der Waals surface area contributed by atoms with Crippen LogP contribution < -0.4 is 5.73 Å². The van der Waals surface area contributed by atoms with E-state index in [0.29, 0.717) is 25.8 Å². The first kappa shape index (κ1) is 27.1. The summed E-state index contributed by atoms with van der Waals surface area (Å²) in [5.41, 5.74) is 5.45. The minimum Gasteiger partial charge on any atom is -0.480 e. The molecule has 6 heteroatoms. The van der Waals surface area contributed by atoms with E-state index in [2.05, 4.69) is 17.3 Å². The molecule has 0 aliphatic heterocycles. The molecule has 0 spiro atoms. The summed E-state index contributed by atoms with van der Waals surface area (Å²) in [5, 5.41) is 9.32.